The molecule has 3 unspecified atom stereocenters. The van der Waals surface area contributed by atoms with E-state index in [-0.39, 0.29) is 35.5 Å². The number of hydrogen-bond acceptors (Lipinski definition) is 4. The van der Waals surface area contributed by atoms with Crippen LogP contribution in [0, 0.1) is 17.8 Å². The van der Waals surface area contributed by atoms with Crippen molar-refractivity contribution in [1.29, 1.82) is 0 Å². The molecule has 0 N–H and O–H groups in total. The third-order valence-electron chi connectivity index (χ3n) is 5.39. The summed E-state index contributed by atoms with van der Waals surface area (Å²) in [6.07, 6.45) is 9.13. The number of hydrogen-bond donors (Lipinski definition) is 0. The van der Waals surface area contributed by atoms with Crippen LogP contribution in [-0.2, 0) is 28.0 Å². The van der Waals surface area contributed by atoms with Crippen molar-refractivity contribution in [1.82, 2.24) is 19.6 Å². The van der Waals surface area contributed by atoms with E-state index >= 15 is 0 Å². The normalized spacial score (nSPS) is 23.1. The average Bonchev–Trinajstić information content (AvgIpc) is 3.14. The number of aromatic nitrogens is 2. The largest absolute Gasteiger partial charge is 0.340 e. The molecule has 0 radical (unpaired) electrons. The Labute approximate surface area is 160 Å². The summed E-state index contributed by atoms with van der Waals surface area (Å²) >= 11 is 0. The molecule has 3 rings (SSSR count). The van der Waals surface area contributed by atoms with Gasteiger partial charge in [-0.05, 0) is 25.2 Å². The topological polar surface area (TPSA) is 75.5 Å². The smallest absolute Gasteiger partial charge is 0.245 e. The van der Waals surface area contributed by atoms with E-state index in [9.17, 15) is 14.4 Å². The Bertz CT molecular complexity index is 741. The van der Waals surface area contributed by atoms with Gasteiger partial charge < -0.3 is 4.90 Å². The maximum atomic E-state index is 13.2. The first-order valence-electron chi connectivity index (χ1n) is 9.54. The molecule has 3 amide bonds. The number of nitrogens with zero attached hydrogens (tertiary/aromatic N) is 4. The summed E-state index contributed by atoms with van der Waals surface area (Å²) in [6, 6.07) is -0.739. The zero-order chi connectivity index (χ0) is 19.7. The molecule has 27 heavy (non-hydrogen) atoms. The average molecular weight is 372 g/mol. The summed E-state index contributed by atoms with van der Waals surface area (Å²) in [6.45, 7) is 4.40. The van der Waals surface area contributed by atoms with Crippen LogP contribution in [-0.4, -0.2) is 50.4 Å². The lowest BCUT2D eigenvalue weighted by Crippen LogP contribution is -2.50. The number of aryl methyl sites for hydroxylation is 1. The number of fused-ring (bicyclic) bond motifs is 1. The molecule has 0 saturated carbocycles. The van der Waals surface area contributed by atoms with Crippen molar-refractivity contribution in [2.45, 2.75) is 45.7 Å². The van der Waals surface area contributed by atoms with Crippen LogP contribution < -0.4 is 0 Å². The number of amides is 3. The van der Waals surface area contributed by atoms with Gasteiger partial charge in [0.15, 0.2) is 0 Å². The second kappa shape index (κ2) is 7.66. The van der Waals surface area contributed by atoms with Gasteiger partial charge in [0, 0.05) is 32.4 Å². The Morgan fingerprint density at radius 1 is 1.22 bits per heavy atom. The Kier molecular flexibility index (Phi) is 5.48. The maximum Gasteiger partial charge on any atom is 0.245 e. The van der Waals surface area contributed by atoms with Crippen molar-refractivity contribution >= 4 is 17.7 Å². The summed E-state index contributed by atoms with van der Waals surface area (Å²) in [4.78, 5) is 42.0. The first-order chi connectivity index (χ1) is 12.8. The molecule has 1 aliphatic heterocycles. The summed E-state index contributed by atoms with van der Waals surface area (Å²) < 4.78 is 1.68. The summed E-state index contributed by atoms with van der Waals surface area (Å²) in [5.74, 6) is -1.01. The fourth-order valence-electron chi connectivity index (χ4n) is 4.06. The molecule has 146 valence electrons. The number of imide groups is 1. The molecule has 0 spiro atoms. The molecule has 1 aromatic heterocycles. The molecule has 1 aliphatic carbocycles. The lowest BCUT2D eigenvalue weighted by atomic mass is 9.85. The van der Waals surface area contributed by atoms with Gasteiger partial charge in [0.1, 0.15) is 6.04 Å². The van der Waals surface area contributed by atoms with Gasteiger partial charge in [0.05, 0.1) is 18.0 Å². The molecular formula is C20H28N4O3. The lowest BCUT2D eigenvalue weighted by Gasteiger charge is -2.30. The second-order valence-corrected chi connectivity index (χ2v) is 8.06. The number of rotatable bonds is 6. The van der Waals surface area contributed by atoms with E-state index in [0.717, 1.165) is 5.56 Å². The number of allylic oxidation sites excluding steroid dienone is 2. The minimum Gasteiger partial charge on any atom is -0.340 e. The molecule has 0 bridgehead atoms. The Morgan fingerprint density at radius 3 is 2.30 bits per heavy atom. The number of carbonyl (C=O) groups is 3. The Morgan fingerprint density at radius 2 is 1.81 bits per heavy atom. The van der Waals surface area contributed by atoms with Crippen molar-refractivity contribution in [3.05, 3.63) is 30.1 Å². The molecular weight excluding hydrogens is 344 g/mol. The van der Waals surface area contributed by atoms with Crippen LogP contribution in [0.5, 0.6) is 0 Å². The van der Waals surface area contributed by atoms with Crippen LogP contribution in [0.4, 0.5) is 0 Å². The van der Waals surface area contributed by atoms with Crippen LogP contribution in [0.2, 0.25) is 0 Å². The third kappa shape index (κ3) is 3.82. The fraction of sp³-hybridized carbons (Fsp3) is 0.600. The first kappa shape index (κ1) is 19.3. The predicted octanol–water partition coefficient (Wildman–Crippen LogP) is 1.74. The minimum absolute atomic E-state index is 0.187. The highest BCUT2D eigenvalue weighted by Gasteiger charge is 2.51. The van der Waals surface area contributed by atoms with Gasteiger partial charge in [-0.1, -0.05) is 26.0 Å². The molecule has 3 atom stereocenters. The Hall–Kier alpha value is -2.44. The van der Waals surface area contributed by atoms with E-state index in [4.69, 9.17) is 0 Å². The Balaban J connectivity index is 1.81. The zero-order valence-electron chi connectivity index (χ0n) is 16.5. The quantitative estimate of drug-likeness (QED) is 0.563. The van der Waals surface area contributed by atoms with E-state index in [0.29, 0.717) is 25.8 Å². The monoisotopic (exact) mass is 372 g/mol. The molecule has 0 aromatic carbocycles. The summed E-state index contributed by atoms with van der Waals surface area (Å²) in [5.41, 5.74) is 0.911. The molecule has 7 heteroatoms. The van der Waals surface area contributed by atoms with Gasteiger partial charge >= 0.3 is 0 Å². The van der Waals surface area contributed by atoms with Crippen LogP contribution >= 0.6 is 0 Å². The van der Waals surface area contributed by atoms with Crippen LogP contribution in [0.3, 0.4) is 0 Å². The third-order valence-corrected chi connectivity index (χ3v) is 5.39. The SMILES string of the molecule is CC(C)CC(C(=O)N(C)Cc1cnn(C)c1)N1C(=O)C2CC=CCC2C1=O. The molecule has 1 saturated heterocycles. The van der Waals surface area contributed by atoms with E-state index in [2.05, 4.69) is 5.10 Å². The van der Waals surface area contributed by atoms with Crippen molar-refractivity contribution < 1.29 is 14.4 Å². The van der Waals surface area contributed by atoms with Gasteiger partial charge in [0.2, 0.25) is 17.7 Å². The minimum atomic E-state index is -0.739. The molecule has 2 aliphatic rings. The van der Waals surface area contributed by atoms with Crippen molar-refractivity contribution in [3.8, 4) is 0 Å². The second-order valence-electron chi connectivity index (χ2n) is 8.06. The fourth-order valence-corrected chi connectivity index (χ4v) is 4.06. The molecule has 1 fully saturated rings. The molecule has 1 aromatic rings. The highest BCUT2D eigenvalue weighted by atomic mass is 16.2. The summed E-state index contributed by atoms with van der Waals surface area (Å²) in [5, 5.41) is 4.13. The van der Waals surface area contributed by atoms with Crippen LogP contribution in [0.15, 0.2) is 24.5 Å². The highest BCUT2D eigenvalue weighted by Crippen LogP contribution is 2.37. The van der Waals surface area contributed by atoms with Gasteiger partial charge in [-0.3, -0.25) is 24.0 Å². The van der Waals surface area contributed by atoms with E-state index in [1.165, 1.54) is 4.90 Å². The van der Waals surface area contributed by atoms with E-state index in [1.54, 1.807) is 22.8 Å². The summed E-state index contributed by atoms with van der Waals surface area (Å²) in [7, 11) is 3.53. The van der Waals surface area contributed by atoms with Gasteiger partial charge in [0.25, 0.3) is 0 Å². The van der Waals surface area contributed by atoms with Crippen molar-refractivity contribution in [3.63, 3.8) is 0 Å². The van der Waals surface area contributed by atoms with Crippen molar-refractivity contribution in [2.24, 2.45) is 24.8 Å². The van der Waals surface area contributed by atoms with Crippen LogP contribution in [0.25, 0.3) is 0 Å². The maximum absolute atomic E-state index is 13.2. The van der Waals surface area contributed by atoms with Crippen molar-refractivity contribution in [2.75, 3.05) is 7.05 Å². The highest BCUT2D eigenvalue weighted by molar-refractivity contribution is 6.08. The van der Waals surface area contributed by atoms with Crippen LogP contribution in [0.1, 0.15) is 38.7 Å². The van der Waals surface area contributed by atoms with Gasteiger partial charge in [-0.25, -0.2) is 0 Å². The van der Waals surface area contributed by atoms with E-state index in [1.807, 2.05) is 39.2 Å². The number of carbonyl (C=O) groups excluding carboxylic acids is 3. The standard InChI is InChI=1S/C20H28N4O3/c1-13(2)9-17(20(27)22(3)11-14-10-21-23(4)12-14)24-18(25)15-7-5-6-8-16(15)19(24)26/h5-6,10,12-13,15-17H,7-9,11H2,1-4H3. The number of likely N-dealkylation sites (N-methyl/N-ethyl adjacent to an activating group) is 1. The van der Waals surface area contributed by atoms with E-state index < -0.39 is 6.04 Å². The number of likely N-dealkylation sites (tertiary alicyclic amines) is 1. The predicted molar refractivity (Wildman–Crippen MR) is 100 cm³/mol. The zero-order valence-corrected chi connectivity index (χ0v) is 16.5. The first-order valence-corrected chi connectivity index (χ1v) is 9.54. The molecule has 7 nitrogen and oxygen atoms in total. The van der Waals surface area contributed by atoms with Gasteiger partial charge in [-0.2, -0.15) is 5.10 Å². The molecule has 2 heterocycles. The van der Waals surface area contributed by atoms with Gasteiger partial charge in [-0.15, -0.1) is 0 Å². The lowest BCUT2D eigenvalue weighted by molar-refractivity contribution is -0.152.